The number of hydrogen-bond acceptors (Lipinski definition) is 2. The molecular formula is C16H25NO. The van der Waals surface area contributed by atoms with E-state index in [2.05, 4.69) is 43.4 Å². The second-order valence-electron chi connectivity index (χ2n) is 5.21. The third-order valence-corrected chi connectivity index (χ3v) is 4.06. The molecule has 2 nitrogen and oxygen atoms in total. The zero-order valence-electron chi connectivity index (χ0n) is 11.6. The minimum Gasteiger partial charge on any atom is -0.493 e. The van der Waals surface area contributed by atoms with Crippen molar-refractivity contribution in [2.45, 2.75) is 39.0 Å². The Balaban J connectivity index is 1.87. The highest BCUT2D eigenvalue weighted by Gasteiger charge is 2.20. The lowest BCUT2D eigenvalue weighted by Gasteiger charge is -2.26. The van der Waals surface area contributed by atoms with Crippen molar-refractivity contribution in [1.29, 1.82) is 0 Å². The average molecular weight is 247 g/mol. The van der Waals surface area contributed by atoms with Gasteiger partial charge in [0.2, 0.25) is 0 Å². The summed E-state index contributed by atoms with van der Waals surface area (Å²) in [7, 11) is 0. The molecule has 0 saturated heterocycles. The second kappa shape index (κ2) is 6.79. The molecule has 100 valence electrons. The standard InChI is InChI=1S/C16H25NO/c1-3-13(4-2)11-17-12-14-9-10-18-16-8-6-5-7-15(14)16/h5-8,13-14,17H,3-4,9-12H2,1-2H3. The molecule has 1 atom stereocenters. The van der Waals surface area contributed by atoms with Gasteiger partial charge in [0.05, 0.1) is 6.61 Å². The molecule has 0 spiro atoms. The Hall–Kier alpha value is -1.02. The first-order valence-corrected chi connectivity index (χ1v) is 7.27. The molecule has 0 bridgehead atoms. The predicted molar refractivity (Wildman–Crippen MR) is 76.2 cm³/mol. The van der Waals surface area contributed by atoms with E-state index in [0.29, 0.717) is 5.92 Å². The van der Waals surface area contributed by atoms with Crippen LogP contribution in [0.1, 0.15) is 44.6 Å². The molecule has 2 heteroatoms. The molecule has 0 amide bonds. The molecule has 0 radical (unpaired) electrons. The maximum absolute atomic E-state index is 5.70. The molecular weight excluding hydrogens is 222 g/mol. The van der Waals surface area contributed by atoms with Crippen molar-refractivity contribution in [3.05, 3.63) is 29.8 Å². The normalized spacial score (nSPS) is 18.5. The van der Waals surface area contributed by atoms with Gasteiger partial charge in [-0.1, -0.05) is 44.9 Å². The van der Waals surface area contributed by atoms with Crippen LogP contribution in [0.3, 0.4) is 0 Å². The van der Waals surface area contributed by atoms with Crippen LogP contribution in [0.2, 0.25) is 0 Å². The van der Waals surface area contributed by atoms with Crippen LogP contribution in [0.5, 0.6) is 5.75 Å². The predicted octanol–water partition coefficient (Wildman–Crippen LogP) is 3.58. The van der Waals surface area contributed by atoms with Crippen LogP contribution >= 0.6 is 0 Å². The summed E-state index contributed by atoms with van der Waals surface area (Å²) in [5.41, 5.74) is 1.38. The Bertz CT molecular complexity index is 360. The molecule has 0 saturated carbocycles. The highest BCUT2D eigenvalue weighted by Crippen LogP contribution is 2.32. The third-order valence-electron chi connectivity index (χ3n) is 4.06. The molecule has 0 aromatic heterocycles. The minimum atomic E-state index is 0.615. The van der Waals surface area contributed by atoms with Gasteiger partial charge in [-0.2, -0.15) is 0 Å². The van der Waals surface area contributed by atoms with Crippen LogP contribution in [0.4, 0.5) is 0 Å². The zero-order valence-corrected chi connectivity index (χ0v) is 11.6. The van der Waals surface area contributed by atoms with Crippen LogP contribution in [-0.4, -0.2) is 19.7 Å². The molecule has 1 heterocycles. The van der Waals surface area contributed by atoms with Gasteiger partial charge in [-0.3, -0.25) is 0 Å². The van der Waals surface area contributed by atoms with Gasteiger partial charge in [0.1, 0.15) is 5.75 Å². The molecule has 1 aliphatic rings. The SMILES string of the molecule is CCC(CC)CNCC1CCOc2ccccc21. The first kappa shape index (κ1) is 13.4. The van der Waals surface area contributed by atoms with Gasteiger partial charge >= 0.3 is 0 Å². The van der Waals surface area contributed by atoms with Gasteiger partial charge in [0, 0.05) is 12.5 Å². The van der Waals surface area contributed by atoms with Crippen molar-refractivity contribution in [1.82, 2.24) is 5.32 Å². The Labute approximate surface area is 111 Å². The summed E-state index contributed by atoms with van der Waals surface area (Å²) in [5.74, 6) is 2.52. The molecule has 1 aromatic carbocycles. The van der Waals surface area contributed by atoms with Crippen molar-refractivity contribution >= 4 is 0 Å². The van der Waals surface area contributed by atoms with Gasteiger partial charge in [-0.25, -0.2) is 0 Å². The number of benzene rings is 1. The summed E-state index contributed by atoms with van der Waals surface area (Å²) in [6.45, 7) is 7.64. The van der Waals surface area contributed by atoms with Crippen LogP contribution in [0.15, 0.2) is 24.3 Å². The lowest BCUT2D eigenvalue weighted by Crippen LogP contribution is -2.29. The van der Waals surface area contributed by atoms with E-state index in [0.717, 1.165) is 37.8 Å². The summed E-state index contributed by atoms with van der Waals surface area (Å²) in [5, 5.41) is 3.64. The summed E-state index contributed by atoms with van der Waals surface area (Å²) in [4.78, 5) is 0. The summed E-state index contributed by atoms with van der Waals surface area (Å²) in [6, 6.07) is 8.46. The van der Waals surface area contributed by atoms with E-state index in [-0.39, 0.29) is 0 Å². The van der Waals surface area contributed by atoms with Crippen molar-refractivity contribution in [3.8, 4) is 5.75 Å². The molecule has 1 aliphatic heterocycles. The van der Waals surface area contributed by atoms with E-state index < -0.39 is 0 Å². The molecule has 0 aliphatic carbocycles. The third kappa shape index (κ3) is 3.26. The highest BCUT2D eigenvalue weighted by molar-refractivity contribution is 5.37. The second-order valence-corrected chi connectivity index (χ2v) is 5.21. The van der Waals surface area contributed by atoms with Gasteiger partial charge in [0.25, 0.3) is 0 Å². The monoisotopic (exact) mass is 247 g/mol. The van der Waals surface area contributed by atoms with E-state index in [9.17, 15) is 0 Å². The fourth-order valence-electron chi connectivity index (χ4n) is 2.67. The number of ether oxygens (including phenoxy) is 1. The topological polar surface area (TPSA) is 21.3 Å². The first-order valence-electron chi connectivity index (χ1n) is 7.27. The van der Waals surface area contributed by atoms with Crippen LogP contribution < -0.4 is 10.1 Å². The molecule has 1 unspecified atom stereocenters. The van der Waals surface area contributed by atoms with E-state index in [1.165, 1.54) is 18.4 Å². The van der Waals surface area contributed by atoms with Gasteiger partial charge in [-0.15, -0.1) is 0 Å². The number of nitrogens with one attached hydrogen (secondary N) is 1. The summed E-state index contributed by atoms with van der Waals surface area (Å²) >= 11 is 0. The van der Waals surface area contributed by atoms with E-state index in [1.54, 1.807) is 0 Å². The molecule has 1 N–H and O–H groups in total. The van der Waals surface area contributed by atoms with Gasteiger partial charge < -0.3 is 10.1 Å². The number of hydrogen-bond donors (Lipinski definition) is 1. The Morgan fingerprint density at radius 2 is 2.06 bits per heavy atom. The minimum absolute atomic E-state index is 0.615. The number of para-hydroxylation sites is 1. The molecule has 0 fully saturated rings. The maximum Gasteiger partial charge on any atom is 0.122 e. The first-order chi connectivity index (χ1) is 8.85. The van der Waals surface area contributed by atoms with Crippen molar-refractivity contribution in [3.63, 3.8) is 0 Å². The van der Waals surface area contributed by atoms with Gasteiger partial charge in [-0.05, 0) is 30.5 Å². The fraction of sp³-hybridized carbons (Fsp3) is 0.625. The van der Waals surface area contributed by atoms with E-state index >= 15 is 0 Å². The summed E-state index contributed by atoms with van der Waals surface area (Å²) < 4.78 is 5.70. The van der Waals surface area contributed by atoms with Crippen molar-refractivity contribution in [2.24, 2.45) is 5.92 Å². The molecule has 18 heavy (non-hydrogen) atoms. The largest absolute Gasteiger partial charge is 0.493 e. The molecule has 1 aromatic rings. The van der Waals surface area contributed by atoms with Crippen molar-refractivity contribution < 1.29 is 4.74 Å². The maximum atomic E-state index is 5.70. The Kier molecular flexibility index (Phi) is 5.06. The van der Waals surface area contributed by atoms with Crippen molar-refractivity contribution in [2.75, 3.05) is 19.7 Å². The Morgan fingerprint density at radius 3 is 2.83 bits per heavy atom. The Morgan fingerprint density at radius 1 is 1.28 bits per heavy atom. The van der Waals surface area contributed by atoms with Gasteiger partial charge in [0.15, 0.2) is 0 Å². The van der Waals surface area contributed by atoms with E-state index in [4.69, 9.17) is 4.74 Å². The highest BCUT2D eigenvalue weighted by atomic mass is 16.5. The molecule has 2 rings (SSSR count). The smallest absolute Gasteiger partial charge is 0.122 e. The number of rotatable bonds is 6. The quantitative estimate of drug-likeness (QED) is 0.829. The zero-order chi connectivity index (χ0) is 12.8. The van der Waals surface area contributed by atoms with Crippen LogP contribution in [0, 0.1) is 5.92 Å². The van der Waals surface area contributed by atoms with Crippen LogP contribution in [-0.2, 0) is 0 Å². The van der Waals surface area contributed by atoms with E-state index in [1.807, 2.05) is 0 Å². The lowest BCUT2D eigenvalue weighted by molar-refractivity contribution is 0.263. The summed E-state index contributed by atoms with van der Waals surface area (Å²) in [6.07, 6.45) is 3.68. The average Bonchev–Trinajstić information content (AvgIpc) is 2.44. The fourth-order valence-corrected chi connectivity index (χ4v) is 2.67. The lowest BCUT2D eigenvalue weighted by atomic mass is 9.93. The van der Waals surface area contributed by atoms with Crippen LogP contribution in [0.25, 0.3) is 0 Å². The number of fused-ring (bicyclic) bond motifs is 1.